The van der Waals surface area contributed by atoms with E-state index in [4.69, 9.17) is 10.2 Å². The molecule has 5 heteroatoms. The van der Waals surface area contributed by atoms with Crippen molar-refractivity contribution in [2.45, 2.75) is 19.3 Å². The number of nitrogens with two attached hydrogens (primary N) is 1. The largest absolute Gasteiger partial charge is 0.450 e. The number of furan rings is 1. The van der Waals surface area contributed by atoms with Gasteiger partial charge in [-0.3, -0.25) is 9.59 Å². The minimum absolute atomic E-state index is 0.0793. The molecular weight excluding hydrogens is 316 g/mol. The molecule has 3 aromatic rings. The summed E-state index contributed by atoms with van der Waals surface area (Å²) >= 11 is 0. The average Bonchev–Trinajstić information content (AvgIpc) is 2.97. The number of nitrogens with one attached hydrogen (secondary N) is 1. The topological polar surface area (TPSA) is 85.3 Å². The smallest absolute Gasteiger partial charge is 0.284 e. The Kier molecular flexibility index (Phi) is 3.76. The van der Waals surface area contributed by atoms with E-state index in [9.17, 15) is 9.59 Å². The molecule has 0 saturated heterocycles. The fraction of sp³-hybridized carbons (Fsp3) is 0.200. The number of benzene rings is 2. The van der Waals surface area contributed by atoms with Gasteiger partial charge >= 0.3 is 0 Å². The van der Waals surface area contributed by atoms with Gasteiger partial charge in [0.1, 0.15) is 5.58 Å². The third-order valence-corrected chi connectivity index (χ3v) is 4.70. The molecule has 5 nitrogen and oxygen atoms in total. The third kappa shape index (κ3) is 2.89. The second-order valence-electron chi connectivity index (χ2n) is 6.40. The van der Waals surface area contributed by atoms with Crippen molar-refractivity contribution in [3.05, 3.63) is 54.3 Å². The zero-order chi connectivity index (χ0) is 17.4. The quantitative estimate of drug-likeness (QED) is 0.758. The van der Waals surface area contributed by atoms with Crippen molar-refractivity contribution >= 4 is 28.5 Å². The van der Waals surface area contributed by atoms with Gasteiger partial charge in [-0.05, 0) is 36.6 Å². The van der Waals surface area contributed by atoms with Gasteiger partial charge in [-0.1, -0.05) is 36.8 Å². The summed E-state index contributed by atoms with van der Waals surface area (Å²) < 4.78 is 5.64. The Morgan fingerprint density at radius 3 is 2.60 bits per heavy atom. The summed E-state index contributed by atoms with van der Waals surface area (Å²) in [5.74, 6) is -0.244. The van der Waals surface area contributed by atoms with E-state index in [2.05, 4.69) is 5.32 Å². The van der Waals surface area contributed by atoms with Crippen LogP contribution in [0.25, 0.3) is 22.1 Å². The number of para-hydroxylation sites is 1. The van der Waals surface area contributed by atoms with Gasteiger partial charge < -0.3 is 15.5 Å². The van der Waals surface area contributed by atoms with E-state index in [1.54, 1.807) is 6.07 Å². The molecule has 3 N–H and O–H groups in total. The van der Waals surface area contributed by atoms with E-state index >= 15 is 0 Å². The van der Waals surface area contributed by atoms with E-state index in [1.807, 2.05) is 42.5 Å². The Balaban J connectivity index is 1.69. The molecule has 0 aliphatic heterocycles. The molecule has 1 heterocycles. The van der Waals surface area contributed by atoms with Crippen LogP contribution in [-0.4, -0.2) is 11.8 Å². The van der Waals surface area contributed by atoms with Crippen LogP contribution in [0.15, 0.2) is 52.9 Å². The summed E-state index contributed by atoms with van der Waals surface area (Å²) in [7, 11) is 0. The van der Waals surface area contributed by atoms with Crippen molar-refractivity contribution in [3.63, 3.8) is 0 Å². The molecule has 0 spiro atoms. The van der Waals surface area contributed by atoms with Crippen molar-refractivity contribution in [3.8, 4) is 11.1 Å². The number of carbonyl (C=O) groups excluding carboxylic acids is 2. The Morgan fingerprint density at radius 2 is 1.88 bits per heavy atom. The number of primary amides is 1. The van der Waals surface area contributed by atoms with Gasteiger partial charge in [0.25, 0.3) is 5.91 Å². The standard InChI is InChI=1S/C20H18N2O3/c21-19(23)17-11-14-7-3-9-16(18(14)25-17)13-6-2-8-15(10-13)22-20(24)12-4-1-5-12/h2-3,6-12H,1,4-5H2,(H2,21,23)(H,22,24). The molecule has 0 unspecified atom stereocenters. The normalized spacial score (nSPS) is 14.2. The summed E-state index contributed by atoms with van der Waals surface area (Å²) in [6.45, 7) is 0. The third-order valence-electron chi connectivity index (χ3n) is 4.70. The van der Waals surface area contributed by atoms with E-state index in [0.29, 0.717) is 5.58 Å². The van der Waals surface area contributed by atoms with Crippen LogP contribution in [0.2, 0.25) is 0 Å². The van der Waals surface area contributed by atoms with Crippen LogP contribution >= 0.6 is 0 Å². The van der Waals surface area contributed by atoms with E-state index in [-0.39, 0.29) is 17.6 Å². The maximum atomic E-state index is 12.2. The number of anilines is 1. The lowest BCUT2D eigenvalue weighted by atomic mass is 9.85. The molecule has 1 fully saturated rings. The highest BCUT2D eigenvalue weighted by Gasteiger charge is 2.25. The van der Waals surface area contributed by atoms with E-state index < -0.39 is 5.91 Å². The second-order valence-corrected chi connectivity index (χ2v) is 6.40. The summed E-state index contributed by atoms with van der Waals surface area (Å²) in [4.78, 5) is 23.5. The summed E-state index contributed by atoms with van der Waals surface area (Å²) in [5.41, 5.74) is 8.44. The molecule has 1 aliphatic carbocycles. The number of amides is 2. The lowest BCUT2D eigenvalue weighted by molar-refractivity contribution is -0.122. The van der Waals surface area contributed by atoms with Gasteiger partial charge in [0.2, 0.25) is 5.91 Å². The highest BCUT2D eigenvalue weighted by molar-refractivity contribution is 6.00. The molecular formula is C20H18N2O3. The first-order valence-electron chi connectivity index (χ1n) is 8.35. The predicted octanol–water partition coefficient (Wildman–Crippen LogP) is 3.94. The van der Waals surface area contributed by atoms with Crippen molar-refractivity contribution in [1.29, 1.82) is 0 Å². The fourth-order valence-corrected chi connectivity index (χ4v) is 3.09. The molecule has 4 rings (SSSR count). The first kappa shape index (κ1) is 15.4. The van der Waals surface area contributed by atoms with Crippen LogP contribution < -0.4 is 11.1 Å². The summed E-state index contributed by atoms with van der Waals surface area (Å²) in [6, 6.07) is 15.0. The minimum atomic E-state index is -0.594. The van der Waals surface area contributed by atoms with Crippen LogP contribution in [-0.2, 0) is 4.79 Å². The molecule has 0 bridgehead atoms. The molecule has 1 aromatic heterocycles. The summed E-state index contributed by atoms with van der Waals surface area (Å²) in [5, 5.41) is 3.80. The van der Waals surface area contributed by atoms with Crippen molar-refractivity contribution < 1.29 is 14.0 Å². The van der Waals surface area contributed by atoms with Crippen molar-refractivity contribution in [2.75, 3.05) is 5.32 Å². The lowest BCUT2D eigenvalue weighted by Crippen LogP contribution is -2.27. The van der Waals surface area contributed by atoms with E-state index in [0.717, 1.165) is 41.5 Å². The fourth-order valence-electron chi connectivity index (χ4n) is 3.09. The average molecular weight is 334 g/mol. The lowest BCUT2D eigenvalue weighted by Gasteiger charge is -2.24. The Morgan fingerprint density at radius 1 is 1.08 bits per heavy atom. The molecule has 2 aromatic carbocycles. The maximum absolute atomic E-state index is 12.2. The summed E-state index contributed by atoms with van der Waals surface area (Å²) in [6.07, 6.45) is 3.06. The molecule has 1 aliphatic rings. The Hall–Kier alpha value is -3.08. The van der Waals surface area contributed by atoms with Crippen LogP contribution in [0.5, 0.6) is 0 Å². The molecule has 2 amide bonds. The van der Waals surface area contributed by atoms with Gasteiger partial charge in [-0.2, -0.15) is 0 Å². The number of rotatable bonds is 4. The van der Waals surface area contributed by atoms with Crippen molar-refractivity contribution in [2.24, 2.45) is 11.7 Å². The number of carbonyl (C=O) groups is 2. The SMILES string of the molecule is NC(=O)c1cc2cccc(-c3cccc(NC(=O)C4CCC4)c3)c2o1. The number of hydrogen-bond acceptors (Lipinski definition) is 3. The monoisotopic (exact) mass is 334 g/mol. The van der Waals surface area contributed by atoms with Crippen molar-refractivity contribution in [1.82, 2.24) is 0 Å². The molecule has 25 heavy (non-hydrogen) atoms. The maximum Gasteiger partial charge on any atom is 0.284 e. The predicted molar refractivity (Wildman–Crippen MR) is 96.1 cm³/mol. The zero-order valence-electron chi connectivity index (χ0n) is 13.6. The van der Waals surface area contributed by atoms with Gasteiger partial charge in [0, 0.05) is 22.6 Å². The first-order valence-corrected chi connectivity index (χ1v) is 8.35. The zero-order valence-corrected chi connectivity index (χ0v) is 13.6. The molecule has 126 valence electrons. The first-order chi connectivity index (χ1) is 12.1. The molecule has 0 radical (unpaired) electrons. The van der Waals surface area contributed by atoms with Crippen LogP contribution in [0.4, 0.5) is 5.69 Å². The molecule has 1 saturated carbocycles. The van der Waals surface area contributed by atoms with Crippen LogP contribution in [0.3, 0.4) is 0 Å². The van der Waals surface area contributed by atoms with Crippen LogP contribution in [0, 0.1) is 5.92 Å². The Labute approximate surface area is 144 Å². The second kappa shape index (κ2) is 6.09. The van der Waals surface area contributed by atoms with Gasteiger partial charge in [0.05, 0.1) is 0 Å². The highest BCUT2D eigenvalue weighted by Crippen LogP contribution is 2.33. The molecule has 0 atom stereocenters. The van der Waals surface area contributed by atoms with E-state index in [1.165, 1.54) is 0 Å². The van der Waals surface area contributed by atoms with Gasteiger partial charge in [-0.25, -0.2) is 0 Å². The number of hydrogen-bond donors (Lipinski definition) is 2. The highest BCUT2D eigenvalue weighted by atomic mass is 16.3. The van der Waals surface area contributed by atoms with Gasteiger partial charge in [0.15, 0.2) is 5.76 Å². The minimum Gasteiger partial charge on any atom is -0.450 e. The number of fused-ring (bicyclic) bond motifs is 1. The Bertz CT molecular complexity index is 970. The van der Waals surface area contributed by atoms with Crippen LogP contribution in [0.1, 0.15) is 29.8 Å². The van der Waals surface area contributed by atoms with Gasteiger partial charge in [-0.15, -0.1) is 0 Å².